The average Bonchev–Trinajstić information content (AvgIpc) is 2.87. The van der Waals surface area contributed by atoms with Gasteiger partial charge in [0.1, 0.15) is 17.1 Å². The lowest BCUT2D eigenvalue weighted by Crippen LogP contribution is -1.97. The molecule has 0 amide bonds. The van der Waals surface area contributed by atoms with Crippen LogP contribution in [0.25, 0.3) is 45.3 Å². The van der Waals surface area contributed by atoms with Gasteiger partial charge in [0, 0.05) is 29.3 Å². The highest BCUT2D eigenvalue weighted by atomic mass is 16.3. The summed E-state index contributed by atoms with van der Waals surface area (Å²) >= 11 is 0. The molecule has 7 heteroatoms. The molecule has 0 unspecified atom stereocenters. The number of pyridine rings is 5. The molecule has 2 N–H and O–H groups in total. The zero-order chi connectivity index (χ0) is 23.7. The number of rotatable bonds is 4. The van der Waals surface area contributed by atoms with Crippen LogP contribution in [0.3, 0.4) is 0 Å². The number of hydrogen-bond donors (Lipinski definition) is 2. The van der Waals surface area contributed by atoms with E-state index in [9.17, 15) is 10.2 Å². The van der Waals surface area contributed by atoms with Crippen molar-refractivity contribution in [2.45, 2.75) is 13.8 Å². The number of aryl methyl sites for hydroxylation is 2. The first-order valence-corrected chi connectivity index (χ1v) is 10.7. The summed E-state index contributed by atoms with van der Waals surface area (Å²) in [6, 6.07) is 20.0. The monoisotopic (exact) mass is 447 g/mol. The molecule has 0 atom stereocenters. The number of aromatic nitrogens is 5. The Balaban J connectivity index is 1.75. The van der Waals surface area contributed by atoms with Crippen LogP contribution in [0.5, 0.6) is 11.5 Å². The quantitative estimate of drug-likeness (QED) is 0.382. The summed E-state index contributed by atoms with van der Waals surface area (Å²) in [6.07, 6.45) is 3.42. The summed E-state index contributed by atoms with van der Waals surface area (Å²) < 4.78 is 0. The molecule has 5 aromatic heterocycles. The maximum atomic E-state index is 11.3. The molecule has 0 spiro atoms. The summed E-state index contributed by atoms with van der Waals surface area (Å²) in [4.78, 5) is 22.6. The molecular formula is C27H21N5O2. The van der Waals surface area contributed by atoms with Gasteiger partial charge in [-0.3, -0.25) is 9.97 Å². The Bertz CT molecular complexity index is 1430. The van der Waals surface area contributed by atoms with Gasteiger partial charge in [-0.25, -0.2) is 15.0 Å². The van der Waals surface area contributed by atoms with Gasteiger partial charge < -0.3 is 10.2 Å². The summed E-state index contributed by atoms with van der Waals surface area (Å²) in [5, 5.41) is 21.7. The van der Waals surface area contributed by atoms with Crippen molar-refractivity contribution in [1.82, 2.24) is 24.9 Å². The van der Waals surface area contributed by atoms with Crippen LogP contribution in [0, 0.1) is 13.8 Å². The van der Waals surface area contributed by atoms with Crippen LogP contribution in [0.15, 0.2) is 79.1 Å². The molecule has 0 aliphatic carbocycles. The maximum absolute atomic E-state index is 11.3. The van der Waals surface area contributed by atoms with Gasteiger partial charge in [-0.1, -0.05) is 12.1 Å². The van der Waals surface area contributed by atoms with E-state index in [0.29, 0.717) is 45.3 Å². The Morgan fingerprint density at radius 1 is 0.588 bits per heavy atom. The molecular weight excluding hydrogens is 426 g/mol. The number of hydrogen-bond acceptors (Lipinski definition) is 7. The summed E-state index contributed by atoms with van der Waals surface area (Å²) in [5.74, 6) is -0.132. The third kappa shape index (κ3) is 4.06. The molecule has 0 saturated carbocycles. The summed E-state index contributed by atoms with van der Waals surface area (Å²) in [6.45, 7) is 3.65. The van der Waals surface area contributed by atoms with Crippen molar-refractivity contribution in [2.24, 2.45) is 0 Å². The average molecular weight is 447 g/mol. The highest BCUT2D eigenvalue weighted by Crippen LogP contribution is 2.41. The third-order valence-corrected chi connectivity index (χ3v) is 5.35. The lowest BCUT2D eigenvalue weighted by atomic mass is 9.99. The molecule has 0 bridgehead atoms. The van der Waals surface area contributed by atoms with Crippen molar-refractivity contribution in [3.8, 4) is 56.8 Å². The molecule has 0 saturated heterocycles. The van der Waals surface area contributed by atoms with E-state index in [1.54, 1.807) is 30.6 Å². The molecule has 0 radical (unpaired) electrons. The Kier molecular flexibility index (Phi) is 5.43. The van der Waals surface area contributed by atoms with Crippen LogP contribution in [0.2, 0.25) is 0 Å². The van der Waals surface area contributed by atoms with Crippen LogP contribution < -0.4 is 0 Å². The highest BCUT2D eigenvalue weighted by Gasteiger charge is 2.20. The van der Waals surface area contributed by atoms with E-state index < -0.39 is 0 Å². The molecule has 0 fully saturated rings. The lowest BCUT2D eigenvalue weighted by Gasteiger charge is -2.14. The highest BCUT2D eigenvalue weighted by molar-refractivity contribution is 5.83. The number of nitrogens with zero attached hydrogens (tertiary/aromatic N) is 5. The van der Waals surface area contributed by atoms with Crippen molar-refractivity contribution >= 4 is 0 Å². The van der Waals surface area contributed by atoms with Crippen LogP contribution >= 0.6 is 0 Å². The van der Waals surface area contributed by atoms with Gasteiger partial charge in [0.2, 0.25) is 0 Å². The van der Waals surface area contributed by atoms with Crippen molar-refractivity contribution in [3.05, 3.63) is 90.5 Å². The largest absolute Gasteiger partial charge is 0.506 e. The second kappa shape index (κ2) is 8.71. The zero-order valence-electron chi connectivity index (χ0n) is 18.6. The molecule has 0 aliphatic rings. The Morgan fingerprint density at radius 3 is 1.79 bits per heavy atom. The minimum Gasteiger partial charge on any atom is -0.506 e. The Hall–Kier alpha value is -4.65. The first kappa shape index (κ1) is 21.2. The van der Waals surface area contributed by atoms with Gasteiger partial charge >= 0.3 is 0 Å². The van der Waals surface area contributed by atoms with E-state index in [1.807, 2.05) is 62.4 Å². The van der Waals surface area contributed by atoms with E-state index in [-0.39, 0.29) is 22.9 Å². The van der Waals surface area contributed by atoms with E-state index in [0.717, 1.165) is 0 Å². The van der Waals surface area contributed by atoms with Crippen molar-refractivity contribution in [2.75, 3.05) is 0 Å². The molecule has 0 aromatic carbocycles. The topological polar surface area (TPSA) is 105 Å². The summed E-state index contributed by atoms with van der Waals surface area (Å²) in [5.41, 5.74) is 5.76. The van der Waals surface area contributed by atoms with Gasteiger partial charge in [0.25, 0.3) is 0 Å². The van der Waals surface area contributed by atoms with Gasteiger partial charge in [-0.05, 0) is 74.0 Å². The maximum Gasteiger partial charge on any atom is 0.151 e. The first-order valence-electron chi connectivity index (χ1n) is 10.7. The van der Waals surface area contributed by atoms with Gasteiger partial charge in [0.15, 0.2) is 5.75 Å². The predicted molar refractivity (Wildman–Crippen MR) is 130 cm³/mol. The van der Waals surface area contributed by atoms with Gasteiger partial charge in [-0.2, -0.15) is 0 Å². The normalized spacial score (nSPS) is 10.9. The van der Waals surface area contributed by atoms with Crippen molar-refractivity contribution in [3.63, 3.8) is 0 Å². The molecule has 5 aromatic rings. The molecule has 5 heterocycles. The van der Waals surface area contributed by atoms with E-state index in [2.05, 4.69) is 19.9 Å². The second-order valence-electron chi connectivity index (χ2n) is 7.89. The molecule has 5 rings (SSSR count). The van der Waals surface area contributed by atoms with E-state index in [4.69, 9.17) is 4.98 Å². The first-order chi connectivity index (χ1) is 16.5. The fourth-order valence-electron chi connectivity index (χ4n) is 3.75. The van der Waals surface area contributed by atoms with Crippen molar-refractivity contribution in [1.29, 1.82) is 0 Å². The fraction of sp³-hybridized carbons (Fsp3) is 0.0741. The van der Waals surface area contributed by atoms with Crippen LogP contribution in [-0.2, 0) is 0 Å². The Morgan fingerprint density at radius 2 is 1.21 bits per heavy atom. The van der Waals surface area contributed by atoms with E-state index in [1.165, 1.54) is 0 Å². The fourth-order valence-corrected chi connectivity index (χ4v) is 3.75. The van der Waals surface area contributed by atoms with Crippen LogP contribution in [0.4, 0.5) is 0 Å². The minimum absolute atomic E-state index is 0.0528. The van der Waals surface area contributed by atoms with Gasteiger partial charge in [0.05, 0.1) is 22.8 Å². The van der Waals surface area contributed by atoms with Gasteiger partial charge in [-0.15, -0.1) is 0 Å². The minimum atomic E-state index is -0.0795. The van der Waals surface area contributed by atoms with Crippen molar-refractivity contribution < 1.29 is 10.2 Å². The SMILES string of the molecule is Cc1ccc(O)c(-c2nc(C)cc(-c3cc(-c4ccccn4)nc(-c4ccccn4)c3)c2O)n1. The molecule has 166 valence electrons. The zero-order valence-corrected chi connectivity index (χ0v) is 18.6. The standard InChI is InChI=1S/C27H21N5O2/c1-16-9-10-24(33)25(30-16)26-27(34)19(13-17(2)31-26)18-14-22(20-7-3-5-11-28-20)32-23(15-18)21-8-4-6-12-29-21/h3-15,33-34H,1-2H3. The molecule has 0 aliphatic heterocycles. The molecule has 34 heavy (non-hydrogen) atoms. The lowest BCUT2D eigenvalue weighted by molar-refractivity contribution is 0.466. The predicted octanol–water partition coefficient (Wildman–Crippen LogP) is 5.36. The summed E-state index contributed by atoms with van der Waals surface area (Å²) in [7, 11) is 0. The van der Waals surface area contributed by atoms with Crippen LogP contribution in [-0.4, -0.2) is 35.1 Å². The van der Waals surface area contributed by atoms with E-state index >= 15 is 0 Å². The molecule has 7 nitrogen and oxygen atoms in total. The van der Waals surface area contributed by atoms with Crippen LogP contribution in [0.1, 0.15) is 11.4 Å². The smallest absolute Gasteiger partial charge is 0.151 e. The number of aromatic hydroxyl groups is 2. The third-order valence-electron chi connectivity index (χ3n) is 5.35. The Labute approximate surface area is 196 Å². The second-order valence-corrected chi connectivity index (χ2v) is 7.89.